The Morgan fingerprint density at radius 1 is 0.977 bits per heavy atom. The van der Waals surface area contributed by atoms with Crippen molar-refractivity contribution < 1.29 is 23.5 Å². The lowest BCUT2D eigenvalue weighted by Crippen LogP contribution is -2.54. The highest BCUT2D eigenvalue weighted by Gasteiger charge is 2.31. The number of nitrogens with one attached hydrogen (secondary N) is 2. The van der Waals surface area contributed by atoms with Gasteiger partial charge in [0.25, 0.3) is 0 Å². The van der Waals surface area contributed by atoms with Gasteiger partial charge in [-0.2, -0.15) is 0 Å². The number of anilines is 1. The summed E-state index contributed by atoms with van der Waals surface area (Å²) >= 11 is 0. The summed E-state index contributed by atoms with van der Waals surface area (Å²) < 4.78 is 11.6. The molecular weight excluding hydrogens is 562 g/mol. The van der Waals surface area contributed by atoms with E-state index in [1.54, 1.807) is 17.3 Å². The molecule has 2 aliphatic heterocycles. The first-order valence-electron chi connectivity index (χ1n) is 16.3. The Bertz CT molecular complexity index is 1230. The molecule has 44 heavy (non-hydrogen) atoms. The van der Waals surface area contributed by atoms with Crippen LogP contribution >= 0.6 is 0 Å². The molecule has 12 heteroatoms. The third-order valence-corrected chi connectivity index (χ3v) is 8.90. The molecule has 3 aliphatic rings. The van der Waals surface area contributed by atoms with Crippen LogP contribution in [0.2, 0.25) is 0 Å². The second kappa shape index (κ2) is 15.5. The maximum Gasteiger partial charge on any atom is 0.318 e. The highest BCUT2D eigenvalue weighted by Crippen LogP contribution is 2.33. The Labute approximate surface area is 259 Å². The fourth-order valence-electron chi connectivity index (χ4n) is 6.43. The van der Waals surface area contributed by atoms with Crippen LogP contribution in [0, 0.1) is 11.8 Å². The molecule has 12 nitrogen and oxygen atoms in total. The van der Waals surface area contributed by atoms with Crippen molar-refractivity contribution in [3.05, 3.63) is 35.8 Å². The maximum atomic E-state index is 13.6. The summed E-state index contributed by atoms with van der Waals surface area (Å²) in [6.07, 6.45) is 12.2. The van der Waals surface area contributed by atoms with Crippen molar-refractivity contribution >= 4 is 23.7 Å². The van der Waals surface area contributed by atoms with Crippen LogP contribution in [0.15, 0.2) is 22.9 Å². The Hall–Kier alpha value is -3.54. The van der Waals surface area contributed by atoms with E-state index in [1.165, 1.54) is 19.3 Å². The van der Waals surface area contributed by atoms with Gasteiger partial charge < -0.3 is 29.6 Å². The Morgan fingerprint density at radius 2 is 1.68 bits per heavy atom. The maximum absolute atomic E-state index is 13.6. The second-order valence-corrected chi connectivity index (χ2v) is 12.7. The number of amides is 3. The minimum absolute atomic E-state index is 0.0991. The van der Waals surface area contributed by atoms with Gasteiger partial charge in [0.2, 0.25) is 17.6 Å². The summed E-state index contributed by atoms with van der Waals surface area (Å²) in [5.41, 5.74) is 0.708. The lowest BCUT2D eigenvalue weighted by Gasteiger charge is -2.30. The number of piperidine rings is 1. The van der Waals surface area contributed by atoms with Crippen LogP contribution < -0.4 is 15.5 Å². The smallest absolute Gasteiger partial charge is 0.318 e. The van der Waals surface area contributed by atoms with Gasteiger partial charge in [-0.1, -0.05) is 46.0 Å². The summed E-state index contributed by atoms with van der Waals surface area (Å²) in [6, 6.07) is 0.771. The summed E-state index contributed by atoms with van der Waals surface area (Å²) in [5.74, 6) is 1.67. The molecule has 1 saturated carbocycles. The summed E-state index contributed by atoms with van der Waals surface area (Å²) in [7, 11) is 0. The molecule has 4 heterocycles. The van der Waals surface area contributed by atoms with Crippen LogP contribution in [0.25, 0.3) is 0 Å². The number of aromatic nitrogens is 3. The highest BCUT2D eigenvalue weighted by atomic mass is 16.5. The molecule has 0 bridgehead atoms. The van der Waals surface area contributed by atoms with Gasteiger partial charge in [-0.05, 0) is 43.6 Å². The number of Topliss-reactive ketones (excluding diaryl/α,β-unsaturated/α-hetero) is 1. The van der Waals surface area contributed by atoms with Crippen molar-refractivity contribution in [2.24, 2.45) is 11.8 Å². The number of rotatable bonds is 11. The van der Waals surface area contributed by atoms with Crippen molar-refractivity contribution in [3.63, 3.8) is 0 Å². The average Bonchev–Trinajstić information content (AvgIpc) is 3.48. The molecule has 1 aliphatic carbocycles. The predicted octanol–water partition coefficient (Wildman–Crippen LogP) is 3.73. The normalized spacial score (nSPS) is 19.2. The van der Waals surface area contributed by atoms with Crippen LogP contribution in [0.5, 0.6) is 0 Å². The highest BCUT2D eigenvalue weighted by molar-refractivity contribution is 5.99. The minimum Gasteiger partial charge on any atom is -0.437 e. The van der Waals surface area contributed by atoms with Crippen LogP contribution in [-0.4, -0.2) is 89.6 Å². The zero-order valence-electron chi connectivity index (χ0n) is 26.1. The van der Waals surface area contributed by atoms with E-state index in [1.807, 2.05) is 19.9 Å². The summed E-state index contributed by atoms with van der Waals surface area (Å²) in [4.78, 5) is 57.1. The number of hydrogen-bond donors (Lipinski definition) is 2. The fourth-order valence-corrected chi connectivity index (χ4v) is 6.43. The molecule has 1 atom stereocenters. The van der Waals surface area contributed by atoms with E-state index in [-0.39, 0.29) is 41.9 Å². The Kier molecular flexibility index (Phi) is 11.2. The summed E-state index contributed by atoms with van der Waals surface area (Å²) in [6.45, 7) is 7.26. The number of ketones is 1. The van der Waals surface area contributed by atoms with E-state index >= 15 is 0 Å². The van der Waals surface area contributed by atoms with E-state index < -0.39 is 6.04 Å². The lowest BCUT2D eigenvalue weighted by molar-refractivity contribution is -0.123. The Morgan fingerprint density at radius 3 is 2.36 bits per heavy atom. The molecule has 2 aromatic heterocycles. The van der Waals surface area contributed by atoms with E-state index in [0.717, 1.165) is 44.7 Å². The number of carbonyl (C=O) groups is 3. The van der Waals surface area contributed by atoms with Gasteiger partial charge in [0.15, 0.2) is 11.7 Å². The largest absolute Gasteiger partial charge is 0.437 e. The van der Waals surface area contributed by atoms with E-state index in [0.29, 0.717) is 56.6 Å². The molecule has 240 valence electrons. The molecule has 3 fully saturated rings. The molecule has 0 aromatic carbocycles. The van der Waals surface area contributed by atoms with Gasteiger partial charge in [0.05, 0.1) is 25.5 Å². The quantitative estimate of drug-likeness (QED) is 0.364. The standard InChI is InChI=1S/C32H47N7O5/c1-22(2)19-26(37-32(42)39-15-17-43-18-16-39)29(41)35-21-27(40)28-25(20-23-7-4-3-5-8-23)36-30(44-28)24-9-13-38(14-10-24)31-33-11-6-12-34-31/h6,11-12,22-24,26H,3-5,7-10,13-21H2,1-2H3,(H,35,41)(H,37,42). The van der Waals surface area contributed by atoms with E-state index in [9.17, 15) is 14.4 Å². The van der Waals surface area contributed by atoms with Gasteiger partial charge in [0.1, 0.15) is 6.04 Å². The molecule has 0 radical (unpaired) electrons. The third-order valence-electron chi connectivity index (χ3n) is 8.90. The fraction of sp³-hybridized carbons (Fsp3) is 0.688. The molecule has 2 aromatic rings. The predicted molar refractivity (Wildman–Crippen MR) is 165 cm³/mol. The monoisotopic (exact) mass is 609 g/mol. The van der Waals surface area contributed by atoms with Crippen molar-refractivity contribution in [2.75, 3.05) is 50.8 Å². The first-order valence-corrected chi connectivity index (χ1v) is 16.3. The van der Waals surface area contributed by atoms with Gasteiger partial charge in [-0.3, -0.25) is 9.59 Å². The lowest BCUT2D eigenvalue weighted by atomic mass is 9.85. The zero-order chi connectivity index (χ0) is 30.9. The molecular formula is C32H47N7O5. The van der Waals surface area contributed by atoms with Crippen LogP contribution in [0.1, 0.15) is 93.3 Å². The SMILES string of the molecule is CC(C)CC(NC(=O)N1CCOCC1)C(=O)NCC(=O)c1oc(C2CCN(c3ncccn3)CC2)nc1CC1CCCCC1. The van der Waals surface area contributed by atoms with Crippen molar-refractivity contribution in [1.82, 2.24) is 30.5 Å². The van der Waals surface area contributed by atoms with E-state index in [2.05, 4.69) is 25.5 Å². The van der Waals surface area contributed by atoms with Crippen LogP contribution in [0.3, 0.4) is 0 Å². The first-order chi connectivity index (χ1) is 21.4. The molecule has 2 saturated heterocycles. The molecule has 3 amide bonds. The molecule has 0 spiro atoms. The Balaban J connectivity index is 1.24. The van der Waals surface area contributed by atoms with Crippen molar-refractivity contribution in [1.29, 1.82) is 0 Å². The molecule has 2 N–H and O–H groups in total. The topological polar surface area (TPSA) is 143 Å². The van der Waals surface area contributed by atoms with Crippen LogP contribution in [-0.2, 0) is 16.0 Å². The van der Waals surface area contributed by atoms with E-state index in [4.69, 9.17) is 14.1 Å². The first kappa shape index (κ1) is 31.9. The van der Waals surface area contributed by atoms with Crippen molar-refractivity contribution in [3.8, 4) is 0 Å². The number of oxazole rings is 1. The van der Waals surface area contributed by atoms with Crippen LogP contribution in [0.4, 0.5) is 10.7 Å². The van der Waals surface area contributed by atoms with Gasteiger partial charge >= 0.3 is 6.03 Å². The minimum atomic E-state index is -0.746. The number of nitrogens with zero attached hydrogens (tertiary/aromatic N) is 5. The van der Waals surface area contributed by atoms with Gasteiger partial charge in [-0.25, -0.2) is 19.7 Å². The van der Waals surface area contributed by atoms with Gasteiger partial charge in [0, 0.05) is 44.5 Å². The third kappa shape index (κ3) is 8.55. The molecule has 5 rings (SSSR count). The van der Waals surface area contributed by atoms with Crippen molar-refractivity contribution in [2.45, 2.75) is 83.6 Å². The number of hydrogen-bond acceptors (Lipinski definition) is 9. The number of ether oxygens (including phenoxy) is 1. The molecule has 1 unspecified atom stereocenters. The number of morpholine rings is 1. The van der Waals surface area contributed by atoms with Gasteiger partial charge in [-0.15, -0.1) is 0 Å². The average molecular weight is 610 g/mol. The number of carbonyl (C=O) groups excluding carboxylic acids is 3. The second-order valence-electron chi connectivity index (χ2n) is 12.7. The zero-order valence-corrected chi connectivity index (χ0v) is 26.1. The number of urea groups is 1. The summed E-state index contributed by atoms with van der Waals surface area (Å²) in [5, 5.41) is 5.65.